The summed E-state index contributed by atoms with van der Waals surface area (Å²) in [4.78, 5) is 0. The van der Waals surface area contributed by atoms with Gasteiger partial charge in [0.1, 0.15) is 11.3 Å². The van der Waals surface area contributed by atoms with Crippen molar-refractivity contribution in [2.24, 2.45) is 0 Å². The molecule has 1 heterocycles. The third kappa shape index (κ3) is 1.83. The molecule has 0 fully saturated rings. The van der Waals surface area contributed by atoms with Crippen LogP contribution in [0.25, 0.3) is 22.3 Å². The molecule has 0 bridgehead atoms. The quantitative estimate of drug-likeness (QED) is 0.586. The highest BCUT2D eigenvalue weighted by Gasteiger charge is 2.08. The summed E-state index contributed by atoms with van der Waals surface area (Å²) in [5.74, 6) is 1.36. The average Bonchev–Trinajstić information content (AvgIpc) is 2.83. The molecule has 0 radical (unpaired) electrons. The first-order valence-corrected chi connectivity index (χ1v) is 6.05. The number of hydrogen-bond acceptors (Lipinski definition) is 1. The van der Waals surface area contributed by atoms with Crippen LogP contribution in [-0.2, 0) is 5.88 Å². The Hall–Kier alpha value is -1.73. The number of alkyl halides is 1. The maximum Gasteiger partial charge on any atom is 0.139 e. The Balaban J connectivity index is 2.20. The Labute approximate surface area is 105 Å². The molecule has 0 N–H and O–H groups in total. The molecule has 2 aromatic carbocycles. The topological polar surface area (TPSA) is 13.1 Å². The molecule has 0 saturated carbocycles. The zero-order valence-corrected chi connectivity index (χ0v) is 9.95. The van der Waals surface area contributed by atoms with Crippen molar-refractivity contribution in [1.29, 1.82) is 0 Å². The Morgan fingerprint density at radius 3 is 2.53 bits per heavy atom. The second-order valence-corrected chi connectivity index (χ2v) is 4.21. The minimum atomic E-state index is 0.471. The van der Waals surface area contributed by atoms with Gasteiger partial charge in [-0.05, 0) is 6.07 Å². The van der Waals surface area contributed by atoms with Gasteiger partial charge in [0.25, 0.3) is 0 Å². The molecule has 0 atom stereocenters. The Kier molecular flexibility index (Phi) is 2.62. The lowest BCUT2D eigenvalue weighted by atomic mass is 10.1. The zero-order chi connectivity index (χ0) is 11.7. The number of hydrogen-bond donors (Lipinski definition) is 0. The fraction of sp³-hybridized carbons (Fsp3) is 0.0667. The standard InChI is InChI=1S/C15H11ClO/c16-10-13-8-4-7-12-9-14(17-15(12)13)11-5-2-1-3-6-11/h1-9H,10H2. The lowest BCUT2D eigenvalue weighted by Crippen LogP contribution is -1.76. The lowest BCUT2D eigenvalue weighted by Gasteiger charge is -1.96. The minimum Gasteiger partial charge on any atom is -0.456 e. The first-order chi connectivity index (χ1) is 8.38. The molecular formula is C15H11ClO. The highest BCUT2D eigenvalue weighted by Crippen LogP contribution is 2.30. The van der Waals surface area contributed by atoms with Crippen LogP contribution in [-0.4, -0.2) is 0 Å². The summed E-state index contributed by atoms with van der Waals surface area (Å²) in [6.07, 6.45) is 0. The number of benzene rings is 2. The van der Waals surface area contributed by atoms with Crippen molar-refractivity contribution in [2.45, 2.75) is 5.88 Å². The zero-order valence-electron chi connectivity index (χ0n) is 9.19. The molecule has 2 heteroatoms. The maximum absolute atomic E-state index is 5.90. The predicted molar refractivity (Wildman–Crippen MR) is 71.2 cm³/mol. The molecule has 0 amide bonds. The number of rotatable bonds is 2. The molecule has 0 saturated heterocycles. The predicted octanol–water partition coefficient (Wildman–Crippen LogP) is 4.84. The van der Waals surface area contributed by atoms with Gasteiger partial charge in [-0.2, -0.15) is 0 Å². The summed E-state index contributed by atoms with van der Waals surface area (Å²) in [5.41, 5.74) is 3.01. The maximum atomic E-state index is 5.90. The van der Waals surface area contributed by atoms with E-state index < -0.39 is 0 Å². The molecule has 1 nitrogen and oxygen atoms in total. The second-order valence-electron chi connectivity index (χ2n) is 3.95. The minimum absolute atomic E-state index is 0.471. The number of para-hydroxylation sites is 1. The van der Waals surface area contributed by atoms with Gasteiger partial charge in [0.05, 0.1) is 5.88 Å². The first kappa shape index (κ1) is 10.4. The average molecular weight is 243 g/mol. The first-order valence-electron chi connectivity index (χ1n) is 5.51. The fourth-order valence-corrected chi connectivity index (χ4v) is 2.18. The van der Waals surface area contributed by atoms with Crippen molar-refractivity contribution in [3.05, 3.63) is 60.2 Å². The fourth-order valence-electron chi connectivity index (χ4n) is 1.97. The molecular weight excluding hydrogens is 232 g/mol. The van der Waals surface area contributed by atoms with E-state index in [0.717, 1.165) is 27.9 Å². The second kappa shape index (κ2) is 4.27. The normalized spacial score (nSPS) is 10.9. The monoisotopic (exact) mass is 242 g/mol. The smallest absolute Gasteiger partial charge is 0.139 e. The Bertz CT molecular complexity index is 640. The largest absolute Gasteiger partial charge is 0.456 e. The van der Waals surface area contributed by atoms with Crippen LogP contribution in [0.3, 0.4) is 0 Å². The molecule has 3 aromatic rings. The van der Waals surface area contributed by atoms with Crippen LogP contribution in [0.1, 0.15) is 5.56 Å². The van der Waals surface area contributed by atoms with Crippen LogP contribution in [0, 0.1) is 0 Å². The van der Waals surface area contributed by atoms with E-state index in [0.29, 0.717) is 5.88 Å². The van der Waals surface area contributed by atoms with Gasteiger partial charge in [-0.1, -0.05) is 48.5 Å². The van der Waals surface area contributed by atoms with Crippen molar-refractivity contribution in [3.63, 3.8) is 0 Å². The summed E-state index contributed by atoms with van der Waals surface area (Å²) < 4.78 is 5.89. The number of fused-ring (bicyclic) bond motifs is 1. The summed E-state index contributed by atoms with van der Waals surface area (Å²) in [7, 11) is 0. The number of halogens is 1. The van der Waals surface area contributed by atoms with Crippen LogP contribution >= 0.6 is 11.6 Å². The summed E-state index contributed by atoms with van der Waals surface area (Å²) in [6, 6.07) is 18.2. The van der Waals surface area contributed by atoms with Crippen molar-refractivity contribution >= 4 is 22.6 Å². The molecule has 0 unspecified atom stereocenters. The third-order valence-electron chi connectivity index (χ3n) is 2.83. The van der Waals surface area contributed by atoms with Crippen LogP contribution in [0.4, 0.5) is 0 Å². The molecule has 0 aliphatic rings. The number of furan rings is 1. The molecule has 0 spiro atoms. The SMILES string of the molecule is ClCc1cccc2cc(-c3ccccc3)oc12. The van der Waals surface area contributed by atoms with Gasteiger partial charge < -0.3 is 4.42 Å². The van der Waals surface area contributed by atoms with E-state index in [1.807, 2.05) is 48.5 Å². The highest BCUT2D eigenvalue weighted by molar-refractivity contribution is 6.17. The lowest BCUT2D eigenvalue weighted by molar-refractivity contribution is 0.628. The van der Waals surface area contributed by atoms with Crippen molar-refractivity contribution in [2.75, 3.05) is 0 Å². The van der Waals surface area contributed by atoms with Crippen LogP contribution in [0.2, 0.25) is 0 Å². The summed E-state index contributed by atoms with van der Waals surface area (Å²) >= 11 is 5.90. The van der Waals surface area contributed by atoms with Crippen molar-refractivity contribution in [3.8, 4) is 11.3 Å². The van der Waals surface area contributed by atoms with Crippen LogP contribution < -0.4 is 0 Å². The summed E-state index contributed by atoms with van der Waals surface area (Å²) in [6.45, 7) is 0. The van der Waals surface area contributed by atoms with E-state index in [1.54, 1.807) is 0 Å². The molecule has 0 aliphatic heterocycles. The van der Waals surface area contributed by atoms with Gasteiger partial charge in [-0.25, -0.2) is 0 Å². The van der Waals surface area contributed by atoms with E-state index in [4.69, 9.17) is 16.0 Å². The molecule has 1 aromatic heterocycles. The van der Waals surface area contributed by atoms with Crippen molar-refractivity contribution in [1.82, 2.24) is 0 Å². The van der Waals surface area contributed by atoms with Crippen LogP contribution in [0.15, 0.2) is 59.0 Å². The van der Waals surface area contributed by atoms with Gasteiger partial charge in [-0.15, -0.1) is 11.6 Å². The highest BCUT2D eigenvalue weighted by atomic mass is 35.5. The van der Waals surface area contributed by atoms with Gasteiger partial charge in [0.2, 0.25) is 0 Å². The van der Waals surface area contributed by atoms with E-state index in [-0.39, 0.29) is 0 Å². The third-order valence-corrected chi connectivity index (χ3v) is 3.12. The molecule has 17 heavy (non-hydrogen) atoms. The molecule has 3 rings (SSSR count). The van der Waals surface area contributed by atoms with E-state index in [2.05, 4.69) is 6.07 Å². The Morgan fingerprint density at radius 1 is 0.941 bits per heavy atom. The van der Waals surface area contributed by atoms with E-state index >= 15 is 0 Å². The van der Waals surface area contributed by atoms with Gasteiger partial charge in [0.15, 0.2) is 0 Å². The van der Waals surface area contributed by atoms with Gasteiger partial charge in [-0.3, -0.25) is 0 Å². The van der Waals surface area contributed by atoms with Gasteiger partial charge in [0, 0.05) is 16.5 Å². The Morgan fingerprint density at radius 2 is 1.76 bits per heavy atom. The van der Waals surface area contributed by atoms with E-state index in [1.165, 1.54) is 0 Å². The van der Waals surface area contributed by atoms with Gasteiger partial charge >= 0.3 is 0 Å². The molecule has 0 aliphatic carbocycles. The van der Waals surface area contributed by atoms with Crippen LogP contribution in [0.5, 0.6) is 0 Å². The molecule has 84 valence electrons. The van der Waals surface area contributed by atoms with E-state index in [9.17, 15) is 0 Å². The summed E-state index contributed by atoms with van der Waals surface area (Å²) in [5, 5.41) is 1.10. The van der Waals surface area contributed by atoms with Crippen molar-refractivity contribution < 1.29 is 4.42 Å².